The highest BCUT2D eigenvalue weighted by Crippen LogP contribution is 2.57. The molecule has 0 atom stereocenters. The third kappa shape index (κ3) is 3.11. The molecule has 0 unspecified atom stereocenters. The Morgan fingerprint density at radius 3 is 2.53 bits per heavy atom. The molecular weight excluding hydrogens is 404 g/mol. The van der Waals surface area contributed by atoms with E-state index in [1.807, 2.05) is 0 Å². The van der Waals surface area contributed by atoms with E-state index < -0.39 is 0 Å². The monoisotopic (exact) mass is 436 g/mol. The van der Waals surface area contributed by atoms with Crippen LogP contribution in [0, 0.1) is 5.92 Å². The molecule has 1 aromatic heterocycles. The van der Waals surface area contributed by atoms with Crippen LogP contribution in [0.15, 0.2) is 36.5 Å². The van der Waals surface area contributed by atoms with Crippen molar-refractivity contribution in [2.45, 2.75) is 43.2 Å². The Morgan fingerprint density at radius 1 is 1.22 bits per heavy atom. The van der Waals surface area contributed by atoms with E-state index in [0.29, 0.717) is 24.0 Å². The van der Waals surface area contributed by atoms with Gasteiger partial charge >= 0.3 is 6.03 Å². The number of nitrogens with zero attached hydrogens (tertiary/aromatic N) is 5. The highest BCUT2D eigenvalue weighted by Gasteiger charge is 2.65. The van der Waals surface area contributed by atoms with E-state index in [2.05, 4.69) is 64.2 Å². The van der Waals surface area contributed by atoms with Crippen molar-refractivity contribution in [2.75, 3.05) is 44.9 Å². The lowest BCUT2D eigenvalue weighted by molar-refractivity contribution is -0.0728. The van der Waals surface area contributed by atoms with Gasteiger partial charge in [0.2, 0.25) is 11.8 Å². The number of amides is 2. The summed E-state index contributed by atoms with van der Waals surface area (Å²) in [6.45, 7) is 1.41. The molecule has 3 fully saturated rings. The lowest BCUT2D eigenvalue weighted by Crippen LogP contribution is -2.68. The zero-order chi connectivity index (χ0) is 22.5. The fourth-order valence-electron chi connectivity index (χ4n) is 5.76. The maximum Gasteiger partial charge on any atom is 0.325 e. The van der Waals surface area contributed by atoms with E-state index in [-0.39, 0.29) is 23.1 Å². The van der Waals surface area contributed by atoms with E-state index >= 15 is 0 Å². The number of hydrogen-bond donors (Lipinski definition) is 1. The Hall–Kier alpha value is -2.87. The summed E-state index contributed by atoms with van der Waals surface area (Å²) >= 11 is 0. The molecule has 1 aromatic carbocycles. The largest absolute Gasteiger partial charge is 0.479 e. The van der Waals surface area contributed by atoms with Crippen LogP contribution in [0.2, 0.25) is 0 Å². The second-order valence-electron chi connectivity index (χ2n) is 9.77. The summed E-state index contributed by atoms with van der Waals surface area (Å²) in [4.78, 5) is 28.3. The van der Waals surface area contributed by atoms with Crippen molar-refractivity contribution in [2.24, 2.45) is 5.92 Å². The molecule has 2 N–H and O–H groups in total. The molecule has 2 aliphatic carbocycles. The minimum Gasteiger partial charge on any atom is -0.479 e. The average molecular weight is 437 g/mol. The Labute approximate surface area is 189 Å². The topological polar surface area (TPSA) is 87.8 Å². The van der Waals surface area contributed by atoms with E-state index in [9.17, 15) is 4.79 Å². The molecule has 5 rings (SSSR count). The van der Waals surface area contributed by atoms with Crippen LogP contribution >= 0.6 is 0 Å². The number of nitrogen functional groups attached to an aromatic ring is 1. The number of carbonyl (C=O) groups is 1. The first-order valence-electron chi connectivity index (χ1n) is 11.4. The fourth-order valence-corrected chi connectivity index (χ4v) is 5.76. The summed E-state index contributed by atoms with van der Waals surface area (Å²) in [6, 6.07) is 10.7. The lowest BCUT2D eigenvalue weighted by atomic mass is 9.58. The van der Waals surface area contributed by atoms with Crippen LogP contribution in [0.4, 0.5) is 16.4 Å². The van der Waals surface area contributed by atoms with Gasteiger partial charge in [-0.3, -0.25) is 9.80 Å². The van der Waals surface area contributed by atoms with E-state index in [0.717, 1.165) is 19.4 Å². The summed E-state index contributed by atoms with van der Waals surface area (Å²) < 4.78 is 5.45. The summed E-state index contributed by atoms with van der Waals surface area (Å²) in [7, 11) is 5.83. The summed E-state index contributed by atoms with van der Waals surface area (Å²) in [5.74, 6) is 1.07. The standard InChI is InChI=1S/C24H32N6O2/c1-28(2)24(18-10-5-4-6-11-18)14-23(15-24)16-29(19-12-26-21(25)27-20(19)32-3)22(31)30(23)13-17-8-7-9-17/h4-6,10-12,17H,7-9,13-16H2,1-3H3,(H2,25,26,27). The molecule has 2 heterocycles. The van der Waals surface area contributed by atoms with Crippen molar-refractivity contribution < 1.29 is 9.53 Å². The molecule has 1 spiro atoms. The first-order valence-corrected chi connectivity index (χ1v) is 11.4. The van der Waals surface area contributed by atoms with Crippen LogP contribution in [-0.4, -0.2) is 65.6 Å². The number of urea groups is 1. The number of aromatic nitrogens is 2. The third-order valence-electron chi connectivity index (χ3n) is 7.80. The number of nitrogens with two attached hydrogens (primary N) is 1. The Morgan fingerprint density at radius 2 is 1.94 bits per heavy atom. The normalized spacial score (nSPS) is 27.7. The predicted octanol–water partition coefficient (Wildman–Crippen LogP) is 3.10. The molecule has 32 heavy (non-hydrogen) atoms. The van der Waals surface area contributed by atoms with Crippen molar-refractivity contribution >= 4 is 17.7 Å². The number of hydrogen-bond acceptors (Lipinski definition) is 6. The molecule has 2 aromatic rings. The fraction of sp³-hybridized carbons (Fsp3) is 0.542. The number of rotatable bonds is 6. The van der Waals surface area contributed by atoms with Gasteiger partial charge in [0.1, 0.15) is 5.69 Å². The van der Waals surface area contributed by atoms with Gasteiger partial charge in [-0.05, 0) is 51.3 Å². The Balaban J connectivity index is 1.50. The van der Waals surface area contributed by atoms with Gasteiger partial charge < -0.3 is 15.4 Å². The van der Waals surface area contributed by atoms with Gasteiger partial charge in [-0.2, -0.15) is 4.98 Å². The molecule has 2 amide bonds. The number of methoxy groups -OCH3 is 1. The summed E-state index contributed by atoms with van der Waals surface area (Å²) in [5, 5.41) is 0. The number of ether oxygens (including phenoxy) is 1. The van der Waals surface area contributed by atoms with Crippen LogP contribution in [-0.2, 0) is 5.54 Å². The third-order valence-corrected chi connectivity index (χ3v) is 7.80. The van der Waals surface area contributed by atoms with Crippen LogP contribution < -0.4 is 15.4 Å². The van der Waals surface area contributed by atoms with E-state index in [4.69, 9.17) is 10.5 Å². The number of benzene rings is 1. The van der Waals surface area contributed by atoms with Crippen LogP contribution in [0.1, 0.15) is 37.7 Å². The predicted molar refractivity (Wildman–Crippen MR) is 124 cm³/mol. The molecule has 3 aliphatic rings. The minimum atomic E-state index is -0.223. The van der Waals surface area contributed by atoms with Crippen LogP contribution in [0.5, 0.6) is 5.88 Å². The minimum absolute atomic E-state index is 0.0176. The van der Waals surface area contributed by atoms with Gasteiger partial charge in [-0.15, -0.1) is 0 Å². The van der Waals surface area contributed by atoms with Gasteiger partial charge in [-0.25, -0.2) is 9.78 Å². The van der Waals surface area contributed by atoms with E-state index in [1.165, 1.54) is 24.8 Å². The number of anilines is 2. The maximum absolute atomic E-state index is 13.8. The first kappa shape index (κ1) is 21.0. The first-order chi connectivity index (χ1) is 15.4. The highest BCUT2D eigenvalue weighted by atomic mass is 16.5. The SMILES string of the molecule is COc1nc(N)ncc1N1CC2(CC(c3ccccc3)(N(C)C)C2)N(CC2CCC2)C1=O. The van der Waals surface area contributed by atoms with Crippen molar-refractivity contribution in [3.05, 3.63) is 42.1 Å². The van der Waals surface area contributed by atoms with Gasteiger partial charge in [0, 0.05) is 6.54 Å². The zero-order valence-electron chi connectivity index (χ0n) is 19.1. The lowest BCUT2D eigenvalue weighted by Gasteiger charge is -2.61. The summed E-state index contributed by atoms with van der Waals surface area (Å²) in [6.07, 6.45) is 7.05. The number of carbonyl (C=O) groups excluding carboxylic acids is 1. The van der Waals surface area contributed by atoms with Crippen molar-refractivity contribution in [3.63, 3.8) is 0 Å². The highest BCUT2D eigenvalue weighted by molar-refractivity contribution is 5.96. The molecular formula is C24H32N6O2. The quantitative estimate of drug-likeness (QED) is 0.749. The molecule has 1 aliphatic heterocycles. The van der Waals surface area contributed by atoms with Gasteiger partial charge in [-0.1, -0.05) is 36.8 Å². The summed E-state index contributed by atoms with van der Waals surface area (Å²) in [5.41, 5.74) is 7.34. The van der Waals surface area contributed by atoms with Gasteiger partial charge in [0.15, 0.2) is 0 Å². The maximum atomic E-state index is 13.8. The van der Waals surface area contributed by atoms with Gasteiger partial charge in [0.05, 0.1) is 30.9 Å². The molecule has 8 heteroatoms. The molecule has 8 nitrogen and oxygen atoms in total. The van der Waals surface area contributed by atoms with Crippen LogP contribution in [0.3, 0.4) is 0 Å². The second-order valence-corrected chi connectivity index (χ2v) is 9.77. The molecule has 170 valence electrons. The molecule has 1 saturated heterocycles. The smallest absolute Gasteiger partial charge is 0.325 e. The van der Waals surface area contributed by atoms with Crippen molar-refractivity contribution in [1.82, 2.24) is 19.8 Å². The second kappa shape index (κ2) is 7.62. The van der Waals surface area contributed by atoms with Crippen molar-refractivity contribution in [1.29, 1.82) is 0 Å². The Bertz CT molecular complexity index is 1000. The zero-order valence-corrected chi connectivity index (χ0v) is 19.1. The van der Waals surface area contributed by atoms with Gasteiger partial charge in [0.25, 0.3) is 0 Å². The average Bonchev–Trinajstić information content (AvgIpc) is 3.01. The molecule has 0 radical (unpaired) electrons. The molecule has 2 saturated carbocycles. The molecule has 0 bridgehead atoms. The van der Waals surface area contributed by atoms with E-state index in [1.54, 1.807) is 18.2 Å². The Kier molecular flexibility index (Phi) is 5.00. The van der Waals surface area contributed by atoms with Crippen molar-refractivity contribution in [3.8, 4) is 5.88 Å². The van der Waals surface area contributed by atoms with Crippen LogP contribution in [0.25, 0.3) is 0 Å².